The average molecular weight is 375 g/mol. The summed E-state index contributed by atoms with van der Waals surface area (Å²) < 4.78 is 12.6. The van der Waals surface area contributed by atoms with Crippen LogP contribution in [0.2, 0.25) is 0 Å². The molecule has 25 heavy (non-hydrogen) atoms. The molecule has 5 aromatic rings. The van der Waals surface area contributed by atoms with Crippen molar-refractivity contribution in [3.63, 3.8) is 0 Å². The molecule has 0 bridgehead atoms. The van der Waals surface area contributed by atoms with Crippen LogP contribution in [0.5, 0.6) is 0 Å². The van der Waals surface area contributed by atoms with E-state index in [0.717, 1.165) is 10.7 Å². The molecule has 5 rings (SSSR count). The lowest BCUT2D eigenvalue weighted by atomic mass is 10.5. The molecule has 0 aliphatic heterocycles. The summed E-state index contributed by atoms with van der Waals surface area (Å²) in [4.78, 5) is 7.61. The highest BCUT2D eigenvalue weighted by molar-refractivity contribution is 7.13. The van der Waals surface area contributed by atoms with Crippen molar-refractivity contribution in [3.05, 3.63) is 72.8 Å². The predicted octanol–water partition coefficient (Wildman–Crippen LogP) is 3.42. The highest BCUT2D eigenvalue weighted by atomic mass is 32.1. The number of hydrogen-bond donors (Lipinski definition) is 1. The molecular formula is C14H13N7O2S2. The number of aromatic amines is 1. The van der Waals surface area contributed by atoms with Gasteiger partial charge >= 0.3 is 0 Å². The Hall–Kier alpha value is -3.18. The first kappa shape index (κ1) is 18.2. The number of aromatic nitrogens is 7. The summed E-state index contributed by atoms with van der Waals surface area (Å²) in [6.07, 6.45) is 12.7. The largest absolute Gasteiger partial charge is 0.452 e. The molecule has 0 amide bonds. The first-order valence-corrected chi connectivity index (χ1v) is 8.45. The molecule has 0 aromatic carbocycles. The van der Waals surface area contributed by atoms with Crippen LogP contribution in [0.15, 0.2) is 81.7 Å². The van der Waals surface area contributed by atoms with Gasteiger partial charge in [0.2, 0.25) is 0 Å². The summed E-state index contributed by atoms with van der Waals surface area (Å²) in [5.41, 5.74) is 0.801. The molecule has 0 radical (unpaired) electrons. The average Bonchev–Trinajstić information content (AvgIpc) is 3.50. The van der Waals surface area contributed by atoms with Gasteiger partial charge in [-0.1, -0.05) is 5.16 Å². The summed E-state index contributed by atoms with van der Waals surface area (Å²) in [5, 5.41) is 18.1. The Kier molecular flexibility index (Phi) is 8.91. The number of nitrogens with zero attached hydrogens (tertiary/aromatic N) is 6. The maximum Gasteiger partial charge on any atom is 0.180 e. The normalized spacial score (nSPS) is 8.80. The molecule has 0 unspecified atom stereocenters. The molecule has 5 heterocycles. The van der Waals surface area contributed by atoms with Gasteiger partial charge in [0, 0.05) is 23.2 Å². The standard InChI is InChI=1S/C5H4N4S.2C3H3NO.C3H3NS/c1-2-10-5(6-1)4-3-7-9-8-4;1-2-5-3-4-1;2*1-2-4-5-3-1/h1-3H,(H,7,8,9);3*1-3H. The minimum Gasteiger partial charge on any atom is -0.452 e. The summed E-state index contributed by atoms with van der Waals surface area (Å²) >= 11 is 3.01. The van der Waals surface area contributed by atoms with Gasteiger partial charge in [-0.25, -0.2) is 14.3 Å². The van der Waals surface area contributed by atoms with Crippen molar-refractivity contribution in [1.82, 2.24) is 34.9 Å². The van der Waals surface area contributed by atoms with Crippen molar-refractivity contribution in [2.75, 3.05) is 0 Å². The van der Waals surface area contributed by atoms with Crippen LogP contribution >= 0.6 is 22.9 Å². The fourth-order valence-electron chi connectivity index (χ4n) is 1.18. The molecule has 0 aliphatic carbocycles. The fraction of sp³-hybridized carbons (Fsp3) is 0. The summed E-state index contributed by atoms with van der Waals surface area (Å²) in [5.74, 6) is 0. The second-order valence-electron chi connectivity index (χ2n) is 3.75. The number of H-pyrrole nitrogens is 1. The molecule has 0 saturated carbocycles. The van der Waals surface area contributed by atoms with Crippen LogP contribution in [0.25, 0.3) is 10.7 Å². The van der Waals surface area contributed by atoms with Crippen molar-refractivity contribution in [2.45, 2.75) is 0 Å². The van der Waals surface area contributed by atoms with Crippen molar-refractivity contribution in [2.24, 2.45) is 0 Å². The van der Waals surface area contributed by atoms with Crippen molar-refractivity contribution < 1.29 is 8.94 Å². The summed E-state index contributed by atoms with van der Waals surface area (Å²) in [6, 6.07) is 3.63. The number of rotatable bonds is 1. The third kappa shape index (κ3) is 8.29. The quantitative estimate of drug-likeness (QED) is 0.473. The number of nitrogens with one attached hydrogen (secondary N) is 1. The monoisotopic (exact) mass is 375 g/mol. The second-order valence-corrected chi connectivity index (χ2v) is 5.33. The molecule has 5 aromatic heterocycles. The van der Waals surface area contributed by atoms with E-state index in [1.165, 1.54) is 30.5 Å². The molecule has 9 nitrogen and oxygen atoms in total. The molecule has 1 N–H and O–H groups in total. The third-order valence-electron chi connectivity index (χ3n) is 2.11. The highest BCUT2D eigenvalue weighted by Gasteiger charge is 2.00. The van der Waals surface area contributed by atoms with Crippen LogP contribution in [0, 0.1) is 0 Å². The van der Waals surface area contributed by atoms with Gasteiger partial charge in [0.25, 0.3) is 0 Å². The Bertz CT molecular complexity index is 653. The van der Waals surface area contributed by atoms with Gasteiger partial charge in [0.1, 0.15) is 23.2 Å². The number of thiazole rings is 1. The van der Waals surface area contributed by atoms with E-state index in [4.69, 9.17) is 0 Å². The lowest BCUT2D eigenvalue weighted by Crippen LogP contribution is -1.73. The topological polar surface area (TPSA) is 119 Å². The Labute approximate surface area is 150 Å². The van der Waals surface area contributed by atoms with E-state index < -0.39 is 0 Å². The zero-order chi connectivity index (χ0) is 17.4. The van der Waals surface area contributed by atoms with Crippen LogP contribution in [0.1, 0.15) is 0 Å². The van der Waals surface area contributed by atoms with Crippen LogP contribution in [-0.4, -0.2) is 34.9 Å². The van der Waals surface area contributed by atoms with E-state index in [1.54, 1.807) is 48.4 Å². The molecule has 0 saturated heterocycles. The van der Waals surface area contributed by atoms with Crippen LogP contribution < -0.4 is 0 Å². The first-order chi connectivity index (χ1) is 12.5. The first-order valence-electron chi connectivity index (χ1n) is 6.73. The third-order valence-corrected chi connectivity index (χ3v) is 3.43. The van der Waals surface area contributed by atoms with Gasteiger partial charge in [-0.05, 0) is 23.7 Å². The molecule has 0 atom stereocenters. The zero-order valence-corrected chi connectivity index (χ0v) is 14.4. The molecule has 0 fully saturated rings. The van der Waals surface area contributed by atoms with E-state index >= 15 is 0 Å². The fourth-order valence-corrected chi connectivity index (χ4v) is 2.12. The van der Waals surface area contributed by atoms with Gasteiger partial charge in [0.15, 0.2) is 6.39 Å². The maximum absolute atomic E-state index is 4.47. The van der Waals surface area contributed by atoms with Gasteiger partial charge in [-0.3, -0.25) is 0 Å². The number of hydrogen-bond acceptors (Lipinski definition) is 10. The van der Waals surface area contributed by atoms with Gasteiger partial charge in [0.05, 0.1) is 18.6 Å². The Balaban J connectivity index is 0.000000129. The lowest BCUT2D eigenvalue weighted by Gasteiger charge is -1.80. The minimum atomic E-state index is 0.801. The van der Waals surface area contributed by atoms with Gasteiger partial charge in [-0.15, -0.1) is 11.3 Å². The zero-order valence-electron chi connectivity index (χ0n) is 12.7. The molecular weight excluding hydrogens is 362 g/mol. The van der Waals surface area contributed by atoms with Crippen molar-refractivity contribution in [1.29, 1.82) is 0 Å². The highest BCUT2D eigenvalue weighted by Crippen LogP contribution is 2.16. The minimum absolute atomic E-state index is 0.801. The van der Waals surface area contributed by atoms with Gasteiger partial charge < -0.3 is 8.94 Å². The Morgan fingerprint density at radius 1 is 1.00 bits per heavy atom. The van der Waals surface area contributed by atoms with E-state index in [-0.39, 0.29) is 0 Å². The predicted molar refractivity (Wildman–Crippen MR) is 92.6 cm³/mol. The SMILES string of the molecule is c1cnoc1.c1cnsc1.c1cocn1.c1csc(-c2cn[nH]n2)n1. The smallest absolute Gasteiger partial charge is 0.180 e. The van der Waals surface area contributed by atoms with Gasteiger partial charge in [-0.2, -0.15) is 15.4 Å². The molecule has 11 heteroatoms. The van der Waals surface area contributed by atoms with Crippen LogP contribution in [0.3, 0.4) is 0 Å². The van der Waals surface area contributed by atoms with Crippen molar-refractivity contribution in [3.8, 4) is 10.7 Å². The lowest BCUT2D eigenvalue weighted by molar-refractivity contribution is 0.420. The van der Waals surface area contributed by atoms with E-state index in [0.29, 0.717) is 0 Å². The van der Waals surface area contributed by atoms with Crippen LogP contribution in [-0.2, 0) is 0 Å². The Morgan fingerprint density at radius 2 is 2.00 bits per heavy atom. The molecule has 128 valence electrons. The van der Waals surface area contributed by atoms with Crippen molar-refractivity contribution >= 4 is 22.9 Å². The summed E-state index contributed by atoms with van der Waals surface area (Å²) in [7, 11) is 0. The second kappa shape index (κ2) is 12.3. The molecule has 0 spiro atoms. The number of oxazole rings is 1. The van der Waals surface area contributed by atoms with E-state index in [9.17, 15) is 0 Å². The summed E-state index contributed by atoms with van der Waals surface area (Å²) in [6.45, 7) is 0. The van der Waals surface area contributed by atoms with Crippen LogP contribution in [0.4, 0.5) is 0 Å². The molecule has 0 aliphatic rings. The maximum atomic E-state index is 4.47. The van der Waals surface area contributed by atoms with E-state index in [2.05, 4.69) is 43.8 Å². The van der Waals surface area contributed by atoms with E-state index in [1.807, 2.05) is 16.8 Å². The Morgan fingerprint density at radius 3 is 2.36 bits per heavy atom.